The Morgan fingerprint density at radius 2 is 1.95 bits per heavy atom. The van der Waals surface area contributed by atoms with Crippen molar-refractivity contribution in [3.05, 3.63) is 28.8 Å². The van der Waals surface area contributed by atoms with Crippen molar-refractivity contribution in [2.75, 3.05) is 31.2 Å². The number of morpholine rings is 1. The van der Waals surface area contributed by atoms with Crippen LogP contribution in [0.5, 0.6) is 0 Å². The van der Waals surface area contributed by atoms with Gasteiger partial charge in [0.25, 0.3) is 5.91 Å². The van der Waals surface area contributed by atoms with Gasteiger partial charge >= 0.3 is 0 Å². The normalized spacial score (nSPS) is 23.9. The molecule has 0 spiro atoms. The van der Waals surface area contributed by atoms with E-state index in [2.05, 4.69) is 0 Å². The van der Waals surface area contributed by atoms with E-state index in [1.807, 2.05) is 11.8 Å². The van der Waals surface area contributed by atoms with Gasteiger partial charge in [-0.1, -0.05) is 17.7 Å². The summed E-state index contributed by atoms with van der Waals surface area (Å²) in [6, 6.07) is 4.90. The molecule has 0 bridgehead atoms. The SMILES string of the molecule is Cc1c(Cl)cccc1N1C(=O)C[C@@H](N2CCOCC2)C1=O. The molecule has 2 fully saturated rings. The second-order valence-corrected chi connectivity index (χ2v) is 5.73. The Morgan fingerprint density at radius 1 is 1.24 bits per heavy atom. The molecule has 1 aromatic rings. The molecule has 3 rings (SSSR count). The average molecular weight is 309 g/mol. The Labute approximate surface area is 128 Å². The van der Waals surface area contributed by atoms with Gasteiger partial charge < -0.3 is 4.74 Å². The second-order valence-electron chi connectivity index (χ2n) is 5.32. The second kappa shape index (κ2) is 5.75. The molecule has 1 aromatic carbocycles. The van der Waals surface area contributed by atoms with Gasteiger partial charge in [0.15, 0.2) is 0 Å². The Hall–Kier alpha value is -1.43. The van der Waals surface area contributed by atoms with E-state index in [9.17, 15) is 9.59 Å². The van der Waals surface area contributed by atoms with Crippen molar-refractivity contribution in [3.8, 4) is 0 Å². The minimum absolute atomic E-state index is 0.160. The average Bonchev–Trinajstić information content (AvgIpc) is 2.78. The number of hydrogen-bond acceptors (Lipinski definition) is 4. The summed E-state index contributed by atoms with van der Waals surface area (Å²) in [6.07, 6.45) is 0.227. The maximum absolute atomic E-state index is 12.7. The zero-order chi connectivity index (χ0) is 15.0. The number of hydrogen-bond donors (Lipinski definition) is 0. The highest BCUT2D eigenvalue weighted by Gasteiger charge is 2.43. The van der Waals surface area contributed by atoms with Gasteiger partial charge in [-0.15, -0.1) is 0 Å². The molecule has 112 valence electrons. The Balaban J connectivity index is 1.88. The molecule has 1 atom stereocenters. The monoisotopic (exact) mass is 308 g/mol. The summed E-state index contributed by atoms with van der Waals surface area (Å²) in [7, 11) is 0. The summed E-state index contributed by atoms with van der Waals surface area (Å²) < 4.78 is 5.30. The Morgan fingerprint density at radius 3 is 2.67 bits per heavy atom. The van der Waals surface area contributed by atoms with Gasteiger partial charge in [-0.3, -0.25) is 14.5 Å². The van der Waals surface area contributed by atoms with Crippen molar-refractivity contribution in [1.29, 1.82) is 0 Å². The minimum atomic E-state index is -0.375. The van der Waals surface area contributed by atoms with Crippen LogP contribution in [0.15, 0.2) is 18.2 Å². The lowest BCUT2D eigenvalue weighted by atomic mass is 10.2. The number of carbonyl (C=O) groups excluding carboxylic acids is 2. The summed E-state index contributed by atoms with van der Waals surface area (Å²) in [5.74, 6) is -0.325. The highest BCUT2D eigenvalue weighted by atomic mass is 35.5. The molecule has 6 heteroatoms. The number of amides is 2. The zero-order valence-corrected chi connectivity index (χ0v) is 12.6. The predicted molar refractivity (Wildman–Crippen MR) is 79.5 cm³/mol. The third kappa shape index (κ3) is 2.57. The molecular weight excluding hydrogens is 292 g/mol. The van der Waals surface area contributed by atoms with Gasteiger partial charge in [-0.05, 0) is 24.6 Å². The van der Waals surface area contributed by atoms with Crippen LogP contribution in [0, 0.1) is 6.92 Å². The fraction of sp³-hybridized carbons (Fsp3) is 0.467. The van der Waals surface area contributed by atoms with Crippen LogP contribution in [0.3, 0.4) is 0 Å². The van der Waals surface area contributed by atoms with Crippen LogP contribution in [0.25, 0.3) is 0 Å². The molecular formula is C15H17ClN2O3. The van der Waals surface area contributed by atoms with Crippen molar-refractivity contribution < 1.29 is 14.3 Å². The van der Waals surface area contributed by atoms with E-state index in [4.69, 9.17) is 16.3 Å². The van der Waals surface area contributed by atoms with Gasteiger partial charge in [0, 0.05) is 18.1 Å². The Kier molecular flexibility index (Phi) is 3.97. The lowest BCUT2D eigenvalue weighted by molar-refractivity contribution is -0.123. The largest absolute Gasteiger partial charge is 0.379 e. The molecule has 0 N–H and O–H groups in total. The van der Waals surface area contributed by atoms with Gasteiger partial charge in [-0.2, -0.15) is 0 Å². The van der Waals surface area contributed by atoms with Crippen LogP contribution in [-0.2, 0) is 14.3 Å². The molecule has 5 nitrogen and oxygen atoms in total. The summed E-state index contributed by atoms with van der Waals surface area (Å²) in [6.45, 7) is 4.40. The first-order valence-electron chi connectivity index (χ1n) is 7.03. The molecule has 0 aromatic heterocycles. The summed E-state index contributed by atoms with van der Waals surface area (Å²) in [5.41, 5.74) is 1.34. The number of halogens is 1. The van der Waals surface area contributed by atoms with Crippen molar-refractivity contribution in [3.63, 3.8) is 0 Å². The van der Waals surface area contributed by atoms with E-state index < -0.39 is 0 Å². The Bertz CT molecular complexity index is 584. The molecule has 2 saturated heterocycles. The number of rotatable bonds is 2. The first-order chi connectivity index (χ1) is 10.1. The third-order valence-corrected chi connectivity index (χ3v) is 4.50. The van der Waals surface area contributed by atoms with Crippen molar-refractivity contribution in [1.82, 2.24) is 4.90 Å². The van der Waals surface area contributed by atoms with E-state index in [0.29, 0.717) is 37.0 Å². The topological polar surface area (TPSA) is 49.9 Å². The fourth-order valence-electron chi connectivity index (χ4n) is 2.88. The van der Waals surface area contributed by atoms with Crippen LogP contribution in [-0.4, -0.2) is 49.1 Å². The zero-order valence-electron chi connectivity index (χ0n) is 11.8. The van der Waals surface area contributed by atoms with E-state index in [-0.39, 0.29) is 24.3 Å². The number of nitrogens with zero attached hydrogens (tertiary/aromatic N) is 2. The van der Waals surface area contributed by atoms with Crippen molar-refractivity contribution >= 4 is 29.1 Å². The molecule has 2 amide bonds. The van der Waals surface area contributed by atoms with Gasteiger partial charge in [0.1, 0.15) is 0 Å². The number of benzene rings is 1. The maximum atomic E-state index is 12.7. The molecule has 21 heavy (non-hydrogen) atoms. The van der Waals surface area contributed by atoms with Crippen LogP contribution < -0.4 is 4.90 Å². The lowest BCUT2D eigenvalue weighted by Gasteiger charge is -2.30. The predicted octanol–water partition coefficient (Wildman–Crippen LogP) is 1.61. The molecule has 2 heterocycles. The van der Waals surface area contributed by atoms with Crippen LogP contribution in [0.4, 0.5) is 5.69 Å². The van der Waals surface area contributed by atoms with Crippen LogP contribution in [0.2, 0.25) is 5.02 Å². The summed E-state index contributed by atoms with van der Waals surface area (Å²) >= 11 is 6.10. The number of imide groups is 1. The van der Waals surface area contributed by atoms with Crippen molar-refractivity contribution in [2.45, 2.75) is 19.4 Å². The van der Waals surface area contributed by atoms with E-state index in [1.54, 1.807) is 18.2 Å². The minimum Gasteiger partial charge on any atom is -0.379 e. The maximum Gasteiger partial charge on any atom is 0.251 e. The van der Waals surface area contributed by atoms with E-state index in [1.165, 1.54) is 4.90 Å². The molecule has 2 aliphatic rings. The summed E-state index contributed by atoms with van der Waals surface area (Å²) in [4.78, 5) is 28.3. The van der Waals surface area contributed by atoms with E-state index >= 15 is 0 Å². The number of anilines is 1. The van der Waals surface area contributed by atoms with Gasteiger partial charge in [-0.25, -0.2) is 4.90 Å². The molecule has 0 radical (unpaired) electrons. The quantitative estimate of drug-likeness (QED) is 0.779. The lowest BCUT2D eigenvalue weighted by Crippen LogP contribution is -2.47. The standard InChI is InChI=1S/C15H17ClN2O3/c1-10-11(16)3-2-4-12(10)18-14(19)9-13(15(18)20)17-5-7-21-8-6-17/h2-4,13H,5-9H2,1H3/t13-/m1/s1. The van der Waals surface area contributed by atoms with E-state index in [0.717, 1.165) is 5.56 Å². The molecule has 2 aliphatic heterocycles. The number of ether oxygens (including phenoxy) is 1. The van der Waals surface area contributed by atoms with Crippen LogP contribution >= 0.6 is 11.6 Å². The smallest absolute Gasteiger partial charge is 0.251 e. The molecule has 0 saturated carbocycles. The molecule has 0 unspecified atom stereocenters. The first-order valence-corrected chi connectivity index (χ1v) is 7.41. The first kappa shape index (κ1) is 14.5. The third-order valence-electron chi connectivity index (χ3n) is 4.09. The highest BCUT2D eigenvalue weighted by Crippen LogP contribution is 2.31. The summed E-state index contributed by atoms with van der Waals surface area (Å²) in [5, 5.41) is 0.558. The fourth-order valence-corrected chi connectivity index (χ4v) is 3.05. The van der Waals surface area contributed by atoms with Gasteiger partial charge in [0.2, 0.25) is 5.91 Å². The van der Waals surface area contributed by atoms with Crippen LogP contribution in [0.1, 0.15) is 12.0 Å². The van der Waals surface area contributed by atoms with Gasteiger partial charge in [0.05, 0.1) is 31.4 Å². The highest BCUT2D eigenvalue weighted by molar-refractivity contribution is 6.32. The van der Waals surface area contributed by atoms with Crippen molar-refractivity contribution in [2.24, 2.45) is 0 Å². The number of carbonyl (C=O) groups is 2. The molecule has 0 aliphatic carbocycles.